The summed E-state index contributed by atoms with van der Waals surface area (Å²) in [7, 11) is 1.47. The molecule has 2 heterocycles. The Labute approximate surface area is 256 Å². The molecular weight excluding hydrogens is 568 g/mol. The molecule has 1 fully saturated rings. The number of benzene rings is 3. The molecule has 5 rings (SSSR count). The summed E-state index contributed by atoms with van der Waals surface area (Å²) in [5.74, 6) is 0.0715. The van der Waals surface area contributed by atoms with Gasteiger partial charge in [-0.15, -0.1) is 0 Å². The molecule has 226 valence electrons. The number of alkyl carbamates (subject to hydrolysis) is 1. The zero-order valence-corrected chi connectivity index (χ0v) is 24.9. The van der Waals surface area contributed by atoms with Crippen LogP contribution in [0.25, 0.3) is 10.9 Å². The number of anilines is 1. The van der Waals surface area contributed by atoms with Gasteiger partial charge in [-0.25, -0.2) is 9.59 Å². The van der Waals surface area contributed by atoms with Crippen LogP contribution in [0.3, 0.4) is 0 Å². The number of halogens is 1. The number of hydrogen-bond acceptors (Lipinski definition) is 7. The first-order valence-corrected chi connectivity index (χ1v) is 14.8. The number of methoxy groups -OCH3 is 1. The van der Waals surface area contributed by atoms with Crippen LogP contribution in [-0.2, 0) is 22.5 Å². The van der Waals surface area contributed by atoms with E-state index >= 15 is 0 Å². The summed E-state index contributed by atoms with van der Waals surface area (Å²) < 4.78 is 16.5. The van der Waals surface area contributed by atoms with E-state index in [2.05, 4.69) is 21.3 Å². The molecule has 0 radical (unpaired) electrons. The van der Waals surface area contributed by atoms with Gasteiger partial charge in [0, 0.05) is 35.8 Å². The number of likely N-dealkylation sites (tertiary alicyclic amines) is 1. The molecule has 1 saturated heterocycles. The van der Waals surface area contributed by atoms with Crippen molar-refractivity contribution in [3.8, 4) is 5.75 Å². The number of piperidine rings is 1. The smallest absolute Gasteiger partial charge is 0.407 e. The highest BCUT2D eigenvalue weighted by Gasteiger charge is 2.26. The number of para-hydroxylation sites is 1. The monoisotopic (exact) mass is 604 g/mol. The molecule has 0 aliphatic carbocycles. The number of nitrogens with one attached hydrogen (secondary N) is 2. The standard InChI is InChI=1S/C33H37ClN4O5/c1-41-31-17-29(35)28(34)16-27(31)32(39)42-20-23-11-13-38(14-12-23)19-25(15-24-18-36-30-10-6-5-9-26(24)30)37-33(40)43-21-22-7-3-2-4-8-22/h2-10,16-18,23,25,36H,11-15,19-21,35H2,1H3,(H,37,40)/t25-/m0/s1. The fourth-order valence-electron chi connectivity index (χ4n) is 5.47. The van der Waals surface area contributed by atoms with Crippen LogP contribution in [0.2, 0.25) is 5.02 Å². The largest absolute Gasteiger partial charge is 0.496 e. The van der Waals surface area contributed by atoms with Crippen molar-refractivity contribution < 1.29 is 23.8 Å². The summed E-state index contributed by atoms with van der Waals surface area (Å²) in [5, 5.41) is 4.53. The Balaban J connectivity index is 1.16. The van der Waals surface area contributed by atoms with Gasteiger partial charge in [0.15, 0.2) is 0 Å². The lowest BCUT2D eigenvalue weighted by Gasteiger charge is -2.34. The molecular formula is C33H37ClN4O5. The number of amides is 1. The van der Waals surface area contributed by atoms with Crippen LogP contribution in [0, 0.1) is 5.92 Å². The molecule has 0 bridgehead atoms. The fourth-order valence-corrected chi connectivity index (χ4v) is 5.64. The van der Waals surface area contributed by atoms with Gasteiger partial charge in [-0.05, 0) is 61.5 Å². The maximum absolute atomic E-state index is 12.8. The van der Waals surface area contributed by atoms with Gasteiger partial charge in [-0.3, -0.25) is 0 Å². The predicted octanol–water partition coefficient (Wildman–Crippen LogP) is 5.82. The molecule has 1 aliphatic rings. The maximum Gasteiger partial charge on any atom is 0.407 e. The third-order valence-electron chi connectivity index (χ3n) is 7.85. The lowest BCUT2D eigenvalue weighted by molar-refractivity contribution is 0.0365. The zero-order chi connectivity index (χ0) is 30.2. The Kier molecular flexibility index (Phi) is 10.1. The van der Waals surface area contributed by atoms with E-state index < -0.39 is 12.1 Å². The first kappa shape index (κ1) is 30.3. The molecule has 0 unspecified atom stereocenters. The number of carbonyl (C=O) groups is 2. The van der Waals surface area contributed by atoms with Crippen molar-refractivity contribution >= 4 is 40.3 Å². The van der Waals surface area contributed by atoms with E-state index in [-0.39, 0.29) is 29.2 Å². The molecule has 10 heteroatoms. The zero-order valence-electron chi connectivity index (χ0n) is 24.2. The fraction of sp³-hybridized carbons (Fsp3) is 0.333. The minimum atomic E-state index is -0.488. The van der Waals surface area contributed by atoms with Gasteiger partial charge in [0.05, 0.1) is 24.4 Å². The number of ether oxygens (including phenoxy) is 3. The Hall–Kier alpha value is -4.21. The normalized spacial score (nSPS) is 14.7. The lowest BCUT2D eigenvalue weighted by atomic mass is 9.96. The van der Waals surface area contributed by atoms with Gasteiger partial charge >= 0.3 is 12.1 Å². The Morgan fingerprint density at radius 1 is 1.07 bits per heavy atom. The van der Waals surface area contributed by atoms with Crippen LogP contribution in [0.15, 0.2) is 72.9 Å². The van der Waals surface area contributed by atoms with Crippen LogP contribution in [0.5, 0.6) is 5.75 Å². The molecule has 1 aliphatic heterocycles. The van der Waals surface area contributed by atoms with E-state index in [1.165, 1.54) is 19.2 Å². The number of aromatic nitrogens is 1. The summed E-state index contributed by atoms with van der Waals surface area (Å²) in [6.45, 7) is 2.84. The highest BCUT2D eigenvalue weighted by Crippen LogP contribution is 2.30. The molecule has 1 atom stereocenters. The molecule has 9 nitrogen and oxygen atoms in total. The molecule has 0 saturated carbocycles. The van der Waals surface area contributed by atoms with E-state index in [0.717, 1.165) is 48.0 Å². The number of carbonyl (C=O) groups excluding carboxylic acids is 2. The van der Waals surface area contributed by atoms with Crippen molar-refractivity contribution in [1.82, 2.24) is 15.2 Å². The first-order chi connectivity index (χ1) is 20.9. The number of esters is 1. The quantitative estimate of drug-likeness (QED) is 0.146. The van der Waals surface area contributed by atoms with Crippen LogP contribution in [-0.4, -0.2) is 61.3 Å². The molecule has 3 aromatic carbocycles. The second-order valence-corrected chi connectivity index (χ2v) is 11.3. The summed E-state index contributed by atoms with van der Waals surface area (Å²) in [5.41, 5.74) is 9.57. The van der Waals surface area contributed by atoms with Crippen LogP contribution in [0.4, 0.5) is 10.5 Å². The minimum absolute atomic E-state index is 0.153. The van der Waals surface area contributed by atoms with Crippen molar-refractivity contribution in [2.75, 3.05) is 39.1 Å². The van der Waals surface area contributed by atoms with Gasteiger partial charge in [-0.1, -0.05) is 60.1 Å². The number of aromatic amines is 1. The van der Waals surface area contributed by atoms with Crippen molar-refractivity contribution in [2.45, 2.75) is 31.9 Å². The molecule has 0 spiro atoms. The SMILES string of the molecule is COc1cc(N)c(Cl)cc1C(=O)OCC1CCN(C[C@H](Cc2c[nH]c3ccccc23)NC(=O)OCc2ccccc2)CC1. The van der Waals surface area contributed by atoms with Crippen molar-refractivity contribution in [1.29, 1.82) is 0 Å². The van der Waals surface area contributed by atoms with Gasteiger partial charge in [0.1, 0.15) is 17.9 Å². The number of rotatable bonds is 11. The van der Waals surface area contributed by atoms with Crippen LogP contribution >= 0.6 is 11.6 Å². The number of nitrogens with two attached hydrogens (primary N) is 1. The van der Waals surface area contributed by atoms with Gasteiger partial charge in [0.25, 0.3) is 0 Å². The Morgan fingerprint density at radius 3 is 2.58 bits per heavy atom. The van der Waals surface area contributed by atoms with E-state index in [4.69, 9.17) is 31.5 Å². The summed E-state index contributed by atoms with van der Waals surface area (Å²) in [6.07, 6.45) is 3.97. The van der Waals surface area contributed by atoms with Crippen molar-refractivity contribution in [3.05, 3.63) is 94.6 Å². The minimum Gasteiger partial charge on any atom is -0.496 e. The Bertz CT molecular complexity index is 1540. The summed E-state index contributed by atoms with van der Waals surface area (Å²) >= 11 is 6.11. The molecule has 4 aromatic rings. The van der Waals surface area contributed by atoms with Crippen LogP contribution < -0.4 is 15.8 Å². The average molecular weight is 605 g/mol. The second-order valence-electron chi connectivity index (χ2n) is 10.9. The summed E-state index contributed by atoms with van der Waals surface area (Å²) in [4.78, 5) is 31.3. The maximum atomic E-state index is 12.8. The van der Waals surface area contributed by atoms with E-state index in [0.29, 0.717) is 31.0 Å². The highest BCUT2D eigenvalue weighted by molar-refractivity contribution is 6.33. The van der Waals surface area contributed by atoms with E-state index in [1.807, 2.05) is 54.7 Å². The van der Waals surface area contributed by atoms with Gasteiger partial charge in [0.2, 0.25) is 0 Å². The van der Waals surface area contributed by atoms with E-state index in [9.17, 15) is 9.59 Å². The summed E-state index contributed by atoms with van der Waals surface area (Å²) in [6, 6.07) is 20.6. The number of nitrogen functional groups attached to an aromatic ring is 1. The molecule has 4 N–H and O–H groups in total. The van der Waals surface area contributed by atoms with Gasteiger partial charge in [-0.2, -0.15) is 0 Å². The number of H-pyrrole nitrogens is 1. The van der Waals surface area contributed by atoms with Gasteiger partial charge < -0.3 is 35.1 Å². The predicted molar refractivity (Wildman–Crippen MR) is 167 cm³/mol. The lowest BCUT2D eigenvalue weighted by Crippen LogP contribution is -2.47. The van der Waals surface area contributed by atoms with Crippen molar-refractivity contribution in [2.24, 2.45) is 5.92 Å². The third-order valence-corrected chi connectivity index (χ3v) is 8.18. The Morgan fingerprint density at radius 2 is 1.81 bits per heavy atom. The average Bonchev–Trinajstić information content (AvgIpc) is 3.43. The topological polar surface area (TPSA) is 119 Å². The molecule has 1 aromatic heterocycles. The third kappa shape index (κ3) is 8.00. The number of fused-ring (bicyclic) bond motifs is 1. The van der Waals surface area contributed by atoms with Crippen LogP contribution in [0.1, 0.15) is 34.3 Å². The number of hydrogen-bond donors (Lipinski definition) is 3. The van der Waals surface area contributed by atoms with Crippen molar-refractivity contribution in [3.63, 3.8) is 0 Å². The second kappa shape index (κ2) is 14.3. The van der Waals surface area contributed by atoms with E-state index in [1.54, 1.807) is 0 Å². The molecule has 43 heavy (non-hydrogen) atoms. The molecule has 1 amide bonds. The number of nitrogens with zero attached hydrogens (tertiary/aromatic N) is 1. The first-order valence-electron chi connectivity index (χ1n) is 14.4. The highest BCUT2D eigenvalue weighted by atomic mass is 35.5.